The first kappa shape index (κ1) is 55.1. The third-order valence-electron chi connectivity index (χ3n) is 20.0. The molecule has 19 aromatic rings. The van der Waals surface area contributed by atoms with Gasteiger partial charge in [0.2, 0.25) is 0 Å². The van der Waals surface area contributed by atoms with Crippen molar-refractivity contribution >= 4 is 86.4 Å². The van der Waals surface area contributed by atoms with E-state index in [0.717, 1.165) is 67.2 Å². The summed E-state index contributed by atoms with van der Waals surface area (Å²) in [5.74, 6) is 0. The van der Waals surface area contributed by atoms with Gasteiger partial charge in [0.1, 0.15) is 0 Å². The second-order valence-corrected chi connectivity index (χ2v) is 25.4. The molecule has 0 saturated carbocycles. The third-order valence-corrected chi connectivity index (χ3v) is 20.0. The molecule has 96 heavy (non-hydrogen) atoms. The molecule has 2 aromatic heterocycles. The Morgan fingerprint density at radius 1 is 0.156 bits per heavy atom. The molecule has 0 aliphatic rings. The predicted octanol–water partition coefficient (Wildman–Crippen LogP) is 25.8. The van der Waals surface area contributed by atoms with Crippen molar-refractivity contribution in [2.75, 3.05) is 0 Å². The summed E-state index contributed by atoms with van der Waals surface area (Å²) >= 11 is 0. The van der Waals surface area contributed by atoms with Gasteiger partial charge in [0, 0.05) is 32.7 Å². The first-order chi connectivity index (χ1) is 47.7. The molecule has 19 rings (SSSR count). The lowest BCUT2D eigenvalue weighted by atomic mass is 9.84. The molecule has 0 aliphatic carbocycles. The Kier molecular flexibility index (Phi) is 13.0. The molecule has 0 amide bonds. The van der Waals surface area contributed by atoms with Crippen molar-refractivity contribution in [2.24, 2.45) is 0 Å². The molecule has 0 atom stereocenters. The molecule has 0 bridgehead atoms. The number of rotatable bonds is 10. The first-order valence-corrected chi connectivity index (χ1v) is 33.2. The van der Waals surface area contributed by atoms with E-state index in [4.69, 9.17) is 0 Å². The van der Waals surface area contributed by atoms with Gasteiger partial charge in [-0.2, -0.15) is 0 Å². The summed E-state index contributed by atoms with van der Waals surface area (Å²) in [6.45, 7) is 0. The number of aromatic nitrogens is 2. The van der Waals surface area contributed by atoms with Gasteiger partial charge in [-0.3, -0.25) is 0 Å². The standard InChI is InChI=1S/C94H60N2/c1-7-29-63(30-8-1)89-79-57-83-88(96(93(67-37-15-5-16-38-67)91(83)65-33-11-3-12-34-65)86-54-52-74(76-44-24-26-46-78(76)86)72-50-48-62-28-20-22-42-70(62)56-72)60-82(79)90(64-31-9-2-10-32-64)80-58-84-87(59-81(80)89)95(94(68-39-17-6-18-40-68)92(84)66-35-13-4-14-36-66)85-53-51-73(75-43-23-25-45-77(75)85)71-49-47-61-27-19-21-41-69(61)55-71/h1-60H. The summed E-state index contributed by atoms with van der Waals surface area (Å²) in [4.78, 5) is 0. The van der Waals surface area contributed by atoms with Crippen molar-refractivity contribution < 1.29 is 0 Å². The van der Waals surface area contributed by atoms with Gasteiger partial charge in [-0.1, -0.05) is 315 Å². The van der Waals surface area contributed by atoms with Crippen LogP contribution in [0.3, 0.4) is 0 Å². The van der Waals surface area contributed by atoms with Crippen molar-refractivity contribution in [3.05, 3.63) is 364 Å². The van der Waals surface area contributed by atoms with Crippen LogP contribution in [0.15, 0.2) is 364 Å². The van der Waals surface area contributed by atoms with Crippen molar-refractivity contribution in [2.45, 2.75) is 0 Å². The summed E-state index contributed by atoms with van der Waals surface area (Å²) in [6.07, 6.45) is 0. The Hall–Kier alpha value is -12.6. The van der Waals surface area contributed by atoms with Crippen LogP contribution in [0.4, 0.5) is 0 Å². The molecule has 0 spiro atoms. The Morgan fingerprint density at radius 3 is 0.812 bits per heavy atom. The Balaban J connectivity index is 0.983. The minimum atomic E-state index is 1.12. The van der Waals surface area contributed by atoms with Crippen molar-refractivity contribution in [3.63, 3.8) is 0 Å². The monoisotopic (exact) mass is 1220 g/mol. The summed E-state index contributed by atoms with van der Waals surface area (Å²) in [7, 11) is 0. The number of benzene rings is 17. The number of hydrogen-bond acceptors (Lipinski definition) is 0. The van der Waals surface area contributed by atoms with Crippen LogP contribution in [0.2, 0.25) is 0 Å². The van der Waals surface area contributed by atoms with Crippen LogP contribution >= 0.6 is 0 Å². The molecule has 2 heteroatoms. The molecule has 17 aromatic carbocycles. The number of hydrogen-bond donors (Lipinski definition) is 0. The zero-order valence-corrected chi connectivity index (χ0v) is 52.5. The van der Waals surface area contributed by atoms with E-state index in [2.05, 4.69) is 373 Å². The normalized spacial score (nSPS) is 11.8. The second kappa shape index (κ2) is 22.6. The largest absolute Gasteiger partial charge is 0.308 e. The highest BCUT2D eigenvalue weighted by atomic mass is 15.0. The highest BCUT2D eigenvalue weighted by Crippen LogP contribution is 2.54. The quantitative estimate of drug-likeness (QED) is 0.121. The molecule has 0 saturated heterocycles. The van der Waals surface area contributed by atoms with Crippen molar-refractivity contribution in [1.82, 2.24) is 9.13 Å². The summed E-state index contributed by atoms with van der Waals surface area (Å²) in [6, 6.07) is 136. The van der Waals surface area contributed by atoms with Crippen LogP contribution in [-0.2, 0) is 0 Å². The van der Waals surface area contributed by atoms with Crippen LogP contribution in [0.5, 0.6) is 0 Å². The van der Waals surface area contributed by atoms with Gasteiger partial charge in [0.05, 0.1) is 33.8 Å². The van der Waals surface area contributed by atoms with E-state index in [1.54, 1.807) is 0 Å². The summed E-state index contributed by atoms with van der Waals surface area (Å²) < 4.78 is 5.19. The molecule has 0 radical (unpaired) electrons. The fourth-order valence-electron chi connectivity index (χ4n) is 15.8. The molecule has 0 unspecified atom stereocenters. The molecular formula is C94H60N2. The molecule has 0 aliphatic heterocycles. The van der Waals surface area contributed by atoms with E-state index in [0.29, 0.717) is 0 Å². The van der Waals surface area contributed by atoms with Crippen molar-refractivity contribution in [3.8, 4) is 101 Å². The van der Waals surface area contributed by atoms with Crippen LogP contribution in [0.1, 0.15) is 0 Å². The first-order valence-electron chi connectivity index (χ1n) is 33.2. The zero-order valence-electron chi connectivity index (χ0n) is 52.5. The summed E-state index contributed by atoms with van der Waals surface area (Å²) in [5.41, 5.74) is 23.2. The van der Waals surface area contributed by atoms with E-state index in [-0.39, 0.29) is 0 Å². The van der Waals surface area contributed by atoms with Gasteiger partial charge in [0.15, 0.2) is 0 Å². The average Bonchev–Trinajstić information content (AvgIpc) is 1.47. The van der Waals surface area contributed by atoms with E-state index in [1.165, 1.54) is 120 Å². The minimum Gasteiger partial charge on any atom is -0.308 e. The van der Waals surface area contributed by atoms with Crippen LogP contribution < -0.4 is 0 Å². The zero-order chi connectivity index (χ0) is 63.2. The van der Waals surface area contributed by atoms with Crippen molar-refractivity contribution in [1.29, 1.82) is 0 Å². The smallest absolute Gasteiger partial charge is 0.0619 e. The lowest BCUT2D eigenvalue weighted by Gasteiger charge is -2.20. The van der Waals surface area contributed by atoms with E-state index in [1.807, 2.05) is 0 Å². The fraction of sp³-hybridized carbons (Fsp3) is 0. The third kappa shape index (κ3) is 8.88. The van der Waals surface area contributed by atoms with Crippen LogP contribution in [0, 0.1) is 0 Å². The van der Waals surface area contributed by atoms with Crippen LogP contribution in [0.25, 0.3) is 187 Å². The molecule has 0 N–H and O–H groups in total. The van der Waals surface area contributed by atoms with Gasteiger partial charge >= 0.3 is 0 Å². The lowest BCUT2D eigenvalue weighted by Crippen LogP contribution is -2.00. The highest BCUT2D eigenvalue weighted by Gasteiger charge is 2.30. The van der Waals surface area contributed by atoms with Crippen LogP contribution in [-0.4, -0.2) is 9.13 Å². The van der Waals surface area contributed by atoms with Gasteiger partial charge in [0.25, 0.3) is 0 Å². The van der Waals surface area contributed by atoms with Gasteiger partial charge in [-0.15, -0.1) is 0 Å². The maximum atomic E-state index is 2.60. The molecule has 0 fully saturated rings. The van der Waals surface area contributed by atoms with Gasteiger partial charge < -0.3 is 9.13 Å². The van der Waals surface area contributed by atoms with Gasteiger partial charge in [-0.05, 0) is 169 Å². The maximum Gasteiger partial charge on any atom is 0.0619 e. The van der Waals surface area contributed by atoms with E-state index < -0.39 is 0 Å². The SMILES string of the molecule is c1ccc(-c2c3cc4c(-c5ccccc5)c(-c5ccccc5)n(-c5ccc(-c6ccc7ccccc7c6)c6ccccc56)c4cc3c(-c3ccccc3)c3cc4c(-c5ccccc5)c(-c5ccccc5)n(-c5ccc(-c6ccc7ccccc7c6)c6ccccc56)c4cc23)cc1. The molecule has 446 valence electrons. The summed E-state index contributed by atoms with van der Waals surface area (Å²) in [5, 5.41) is 16.7. The van der Waals surface area contributed by atoms with Gasteiger partial charge in [-0.25, -0.2) is 0 Å². The maximum absolute atomic E-state index is 2.60. The van der Waals surface area contributed by atoms with E-state index in [9.17, 15) is 0 Å². The Labute approximate surface area is 556 Å². The lowest BCUT2D eigenvalue weighted by molar-refractivity contribution is 1.15. The topological polar surface area (TPSA) is 9.86 Å². The molecule has 2 nitrogen and oxygen atoms in total. The predicted molar refractivity (Wildman–Crippen MR) is 409 cm³/mol. The average molecular weight is 1220 g/mol. The second-order valence-electron chi connectivity index (χ2n) is 25.4. The number of nitrogens with zero attached hydrogens (tertiary/aromatic N) is 2. The minimum absolute atomic E-state index is 1.12. The fourth-order valence-corrected chi connectivity index (χ4v) is 15.8. The number of fused-ring (bicyclic) bond motifs is 8. The van der Waals surface area contributed by atoms with E-state index >= 15 is 0 Å². The Morgan fingerprint density at radius 2 is 0.448 bits per heavy atom. The Bertz CT molecular complexity index is 5880. The molecule has 2 heterocycles. The highest BCUT2D eigenvalue weighted by molar-refractivity contribution is 6.28. The molecular weight excluding hydrogens is 1160 g/mol.